The van der Waals surface area contributed by atoms with Crippen LogP contribution in [-0.2, 0) is 16.0 Å². The van der Waals surface area contributed by atoms with Crippen molar-refractivity contribution in [3.63, 3.8) is 0 Å². The molecule has 2 aromatic carbocycles. The number of nitrogens with zero attached hydrogens (tertiary/aromatic N) is 1. The van der Waals surface area contributed by atoms with Gasteiger partial charge in [0.1, 0.15) is 5.75 Å². The number of rotatable bonds is 4. The van der Waals surface area contributed by atoms with Crippen LogP contribution >= 0.6 is 0 Å². The van der Waals surface area contributed by atoms with Crippen molar-refractivity contribution in [3.05, 3.63) is 63.7 Å². The standard InChI is InChI=1S/C19H20N2O6/c1-26-13-8-6-12(7-9-13)15-10-14-16(4-3-5-17(14)21(24)25)20-11-19(15,23)18(22)27-2/h3-9,15,20,23H,10-11H2,1-2H3. The maximum absolute atomic E-state index is 12.4. The first-order valence-electron chi connectivity index (χ1n) is 8.35. The molecule has 2 aromatic rings. The summed E-state index contributed by atoms with van der Waals surface area (Å²) >= 11 is 0. The van der Waals surface area contributed by atoms with Crippen molar-refractivity contribution >= 4 is 17.3 Å². The van der Waals surface area contributed by atoms with Crippen molar-refractivity contribution in [2.75, 3.05) is 26.1 Å². The van der Waals surface area contributed by atoms with E-state index in [4.69, 9.17) is 9.47 Å². The minimum Gasteiger partial charge on any atom is -0.497 e. The lowest BCUT2D eigenvalue weighted by Crippen LogP contribution is -2.50. The summed E-state index contributed by atoms with van der Waals surface area (Å²) in [6.45, 7) is -0.134. The number of hydrogen-bond acceptors (Lipinski definition) is 7. The number of esters is 1. The van der Waals surface area contributed by atoms with Crippen molar-refractivity contribution in [1.29, 1.82) is 0 Å². The first-order chi connectivity index (χ1) is 12.9. The first kappa shape index (κ1) is 18.7. The molecule has 1 heterocycles. The number of anilines is 1. The van der Waals surface area contributed by atoms with E-state index in [-0.39, 0.29) is 18.7 Å². The second-order valence-corrected chi connectivity index (χ2v) is 6.36. The van der Waals surface area contributed by atoms with Crippen LogP contribution in [0.5, 0.6) is 5.75 Å². The monoisotopic (exact) mass is 372 g/mol. The molecule has 0 saturated heterocycles. The van der Waals surface area contributed by atoms with Crippen molar-refractivity contribution in [2.24, 2.45) is 0 Å². The summed E-state index contributed by atoms with van der Waals surface area (Å²) in [5, 5.41) is 25.7. The lowest BCUT2D eigenvalue weighted by atomic mass is 9.78. The van der Waals surface area contributed by atoms with E-state index in [1.165, 1.54) is 20.3 Å². The van der Waals surface area contributed by atoms with Crippen LogP contribution in [0.3, 0.4) is 0 Å². The third-order valence-corrected chi connectivity index (χ3v) is 4.94. The number of nitrogens with one attached hydrogen (secondary N) is 1. The third kappa shape index (κ3) is 3.31. The Morgan fingerprint density at radius 2 is 1.96 bits per heavy atom. The molecule has 2 atom stereocenters. The highest BCUT2D eigenvalue weighted by Gasteiger charge is 2.48. The quantitative estimate of drug-likeness (QED) is 0.481. The lowest BCUT2D eigenvalue weighted by Gasteiger charge is -2.32. The fourth-order valence-electron chi connectivity index (χ4n) is 3.47. The van der Waals surface area contributed by atoms with Crippen LogP contribution < -0.4 is 10.1 Å². The summed E-state index contributed by atoms with van der Waals surface area (Å²) in [6, 6.07) is 11.6. The van der Waals surface area contributed by atoms with Gasteiger partial charge in [-0.15, -0.1) is 0 Å². The SMILES string of the molecule is COC(=O)C1(O)CNc2cccc([N+](=O)[O-])c2CC1c1ccc(OC)cc1. The molecule has 27 heavy (non-hydrogen) atoms. The Morgan fingerprint density at radius 3 is 2.56 bits per heavy atom. The van der Waals surface area contributed by atoms with Crippen LogP contribution in [0.1, 0.15) is 17.0 Å². The van der Waals surface area contributed by atoms with E-state index in [1.54, 1.807) is 36.4 Å². The number of carbonyl (C=O) groups excluding carboxylic acids is 1. The van der Waals surface area contributed by atoms with E-state index < -0.39 is 22.4 Å². The molecule has 0 spiro atoms. The maximum Gasteiger partial charge on any atom is 0.340 e. The molecule has 0 bridgehead atoms. The van der Waals surface area contributed by atoms with Crippen molar-refractivity contribution in [3.8, 4) is 5.75 Å². The molecule has 142 valence electrons. The molecule has 1 aliphatic heterocycles. The molecule has 8 heteroatoms. The Morgan fingerprint density at radius 1 is 1.26 bits per heavy atom. The second kappa shape index (κ2) is 7.24. The van der Waals surface area contributed by atoms with E-state index in [9.17, 15) is 20.0 Å². The van der Waals surface area contributed by atoms with E-state index in [0.717, 1.165) is 0 Å². The normalized spacial score (nSPS) is 21.4. The van der Waals surface area contributed by atoms with Gasteiger partial charge in [0.25, 0.3) is 5.69 Å². The number of fused-ring (bicyclic) bond motifs is 1. The van der Waals surface area contributed by atoms with Crippen molar-refractivity contribution in [1.82, 2.24) is 0 Å². The predicted molar refractivity (Wildman–Crippen MR) is 98.0 cm³/mol. The highest BCUT2D eigenvalue weighted by Crippen LogP contribution is 2.41. The summed E-state index contributed by atoms with van der Waals surface area (Å²) in [5.74, 6) is -0.921. The predicted octanol–water partition coefficient (Wildman–Crippen LogP) is 2.26. The Bertz CT molecular complexity index is 867. The Balaban J connectivity index is 2.14. The van der Waals surface area contributed by atoms with Gasteiger partial charge in [0.05, 0.1) is 31.3 Å². The molecule has 0 radical (unpaired) electrons. The van der Waals surface area contributed by atoms with Crippen molar-refractivity contribution < 1.29 is 24.3 Å². The van der Waals surface area contributed by atoms with Crippen LogP contribution in [0.25, 0.3) is 0 Å². The van der Waals surface area contributed by atoms with Crippen LogP contribution in [0.2, 0.25) is 0 Å². The van der Waals surface area contributed by atoms with E-state index in [0.29, 0.717) is 22.6 Å². The summed E-state index contributed by atoms with van der Waals surface area (Å²) in [7, 11) is 2.74. The van der Waals surface area contributed by atoms with Crippen LogP contribution in [0.4, 0.5) is 11.4 Å². The van der Waals surface area contributed by atoms with Crippen molar-refractivity contribution in [2.45, 2.75) is 17.9 Å². The molecule has 0 aromatic heterocycles. The minimum absolute atomic E-state index is 0.0624. The van der Waals surface area contributed by atoms with Gasteiger partial charge < -0.3 is 19.9 Å². The first-order valence-corrected chi connectivity index (χ1v) is 8.35. The van der Waals surface area contributed by atoms with Gasteiger partial charge in [0, 0.05) is 17.7 Å². The summed E-state index contributed by atoms with van der Waals surface area (Å²) in [6.07, 6.45) is 0.0947. The zero-order valence-corrected chi connectivity index (χ0v) is 15.0. The molecule has 2 N–H and O–H groups in total. The van der Waals surface area contributed by atoms with E-state index >= 15 is 0 Å². The molecule has 0 aliphatic carbocycles. The number of β-amino-alcohol motifs (C(OH)–C–C–N with tert-alkyl or cyclic N) is 1. The topological polar surface area (TPSA) is 111 Å². The molecular formula is C19H20N2O6. The molecule has 1 aliphatic rings. The number of methoxy groups -OCH3 is 2. The molecule has 0 amide bonds. The Labute approximate surface area is 155 Å². The Hall–Kier alpha value is -3.13. The minimum atomic E-state index is -1.89. The average Bonchev–Trinajstić information content (AvgIpc) is 2.84. The second-order valence-electron chi connectivity index (χ2n) is 6.36. The van der Waals surface area contributed by atoms with Crippen LogP contribution in [0.15, 0.2) is 42.5 Å². The highest BCUT2D eigenvalue weighted by atomic mass is 16.6. The molecule has 8 nitrogen and oxygen atoms in total. The van der Waals surface area contributed by atoms with Gasteiger partial charge in [-0.2, -0.15) is 0 Å². The van der Waals surface area contributed by atoms with Gasteiger partial charge in [0.15, 0.2) is 5.60 Å². The number of benzene rings is 2. The van der Waals surface area contributed by atoms with Gasteiger partial charge in [0.2, 0.25) is 0 Å². The third-order valence-electron chi connectivity index (χ3n) is 4.94. The largest absolute Gasteiger partial charge is 0.497 e. The fourth-order valence-corrected chi connectivity index (χ4v) is 3.47. The zero-order chi connectivity index (χ0) is 19.6. The summed E-state index contributed by atoms with van der Waals surface area (Å²) < 4.78 is 9.99. The molecule has 3 rings (SSSR count). The smallest absolute Gasteiger partial charge is 0.340 e. The van der Waals surface area contributed by atoms with Gasteiger partial charge in [-0.25, -0.2) is 4.79 Å². The number of nitro benzene ring substituents is 1. The number of nitro groups is 1. The van der Waals surface area contributed by atoms with E-state index in [1.807, 2.05) is 0 Å². The lowest BCUT2D eigenvalue weighted by molar-refractivity contribution is -0.385. The molecule has 0 fully saturated rings. The molecule has 0 saturated carbocycles. The van der Waals surface area contributed by atoms with Gasteiger partial charge >= 0.3 is 5.97 Å². The number of carbonyl (C=O) groups is 1. The zero-order valence-electron chi connectivity index (χ0n) is 15.0. The maximum atomic E-state index is 12.4. The number of aliphatic hydroxyl groups is 1. The highest BCUT2D eigenvalue weighted by molar-refractivity contribution is 5.83. The van der Waals surface area contributed by atoms with Crippen LogP contribution in [-0.4, -0.2) is 42.4 Å². The van der Waals surface area contributed by atoms with Crippen LogP contribution in [0, 0.1) is 10.1 Å². The summed E-state index contributed by atoms with van der Waals surface area (Å²) in [5.41, 5.74) is -0.356. The Kier molecular flexibility index (Phi) is 5.00. The van der Waals surface area contributed by atoms with E-state index in [2.05, 4.69) is 5.32 Å². The average molecular weight is 372 g/mol. The molecular weight excluding hydrogens is 352 g/mol. The van der Waals surface area contributed by atoms with Gasteiger partial charge in [-0.05, 0) is 30.2 Å². The summed E-state index contributed by atoms with van der Waals surface area (Å²) in [4.78, 5) is 23.5. The molecule has 2 unspecified atom stereocenters. The fraction of sp³-hybridized carbons (Fsp3) is 0.316. The van der Waals surface area contributed by atoms with Gasteiger partial charge in [-0.1, -0.05) is 18.2 Å². The number of hydrogen-bond donors (Lipinski definition) is 2. The number of ether oxygens (including phenoxy) is 2. The van der Waals surface area contributed by atoms with Gasteiger partial charge in [-0.3, -0.25) is 10.1 Å².